The van der Waals surface area contributed by atoms with Gasteiger partial charge in [0.05, 0.1) is 0 Å². The van der Waals surface area contributed by atoms with Crippen LogP contribution in [-0.4, -0.2) is 24.0 Å². The van der Waals surface area contributed by atoms with Crippen LogP contribution in [-0.2, 0) is 0 Å². The highest BCUT2D eigenvalue weighted by Crippen LogP contribution is 1.86. The zero-order valence-corrected chi connectivity index (χ0v) is 7.48. The van der Waals surface area contributed by atoms with Crippen molar-refractivity contribution in [1.82, 2.24) is 4.90 Å². The Morgan fingerprint density at radius 2 is 1.90 bits per heavy atom. The van der Waals surface area contributed by atoms with Crippen molar-refractivity contribution in [3.05, 3.63) is 24.3 Å². The van der Waals surface area contributed by atoms with Gasteiger partial charge in [0.2, 0.25) is 0 Å². The van der Waals surface area contributed by atoms with Gasteiger partial charge in [-0.15, -0.1) is 0 Å². The second-order valence-electron chi connectivity index (χ2n) is 2.12. The Morgan fingerprint density at radius 1 is 1.30 bits per heavy atom. The summed E-state index contributed by atoms with van der Waals surface area (Å²) in [5.41, 5.74) is 0. The molecule has 0 spiro atoms. The van der Waals surface area contributed by atoms with Gasteiger partial charge < -0.3 is 4.90 Å². The van der Waals surface area contributed by atoms with Crippen molar-refractivity contribution in [2.45, 2.75) is 6.92 Å². The van der Waals surface area contributed by atoms with Crippen molar-refractivity contribution in [3.63, 3.8) is 0 Å². The van der Waals surface area contributed by atoms with E-state index in [1.165, 1.54) is 0 Å². The first-order valence-electron chi connectivity index (χ1n) is 3.19. The minimum absolute atomic E-state index is 0.845. The van der Waals surface area contributed by atoms with Crippen LogP contribution < -0.4 is 0 Å². The molecule has 0 saturated heterocycles. The quantitative estimate of drug-likeness (QED) is 0.341. The van der Waals surface area contributed by atoms with E-state index in [0.717, 1.165) is 4.99 Å². The van der Waals surface area contributed by atoms with Gasteiger partial charge in [-0.3, -0.25) is 0 Å². The topological polar surface area (TPSA) is 3.24 Å². The summed E-state index contributed by atoms with van der Waals surface area (Å²) in [7, 11) is 3.87. The summed E-state index contributed by atoms with van der Waals surface area (Å²) in [5, 5.41) is 0. The second-order valence-corrected chi connectivity index (χ2v) is 2.54. The van der Waals surface area contributed by atoms with Crippen LogP contribution in [0.4, 0.5) is 0 Å². The highest BCUT2D eigenvalue weighted by molar-refractivity contribution is 7.80. The van der Waals surface area contributed by atoms with Crippen molar-refractivity contribution in [2.75, 3.05) is 14.1 Å². The third-order valence-electron chi connectivity index (χ3n) is 0.983. The molecule has 0 radical (unpaired) electrons. The first-order chi connectivity index (χ1) is 4.68. The minimum atomic E-state index is 0.845. The lowest BCUT2D eigenvalue weighted by Crippen LogP contribution is -2.16. The Hall–Kier alpha value is -0.630. The van der Waals surface area contributed by atoms with Crippen molar-refractivity contribution in [2.24, 2.45) is 0 Å². The first-order valence-corrected chi connectivity index (χ1v) is 3.60. The molecule has 0 rings (SSSR count). The predicted octanol–water partition coefficient (Wildman–Crippen LogP) is 2.01. The summed E-state index contributed by atoms with van der Waals surface area (Å²) in [5.74, 6) is 0. The van der Waals surface area contributed by atoms with Crippen LogP contribution >= 0.6 is 12.2 Å². The first kappa shape index (κ1) is 9.37. The zero-order valence-electron chi connectivity index (χ0n) is 6.66. The van der Waals surface area contributed by atoms with Crippen LogP contribution in [0.1, 0.15) is 6.92 Å². The maximum absolute atomic E-state index is 5.00. The molecule has 0 unspecified atom stereocenters. The monoisotopic (exact) mass is 155 g/mol. The summed E-state index contributed by atoms with van der Waals surface area (Å²) in [4.78, 5) is 2.74. The van der Waals surface area contributed by atoms with Crippen molar-refractivity contribution >= 4 is 17.2 Å². The van der Waals surface area contributed by atoms with Crippen molar-refractivity contribution in [3.8, 4) is 0 Å². The lowest BCUT2D eigenvalue weighted by Gasteiger charge is -2.07. The lowest BCUT2D eigenvalue weighted by molar-refractivity contribution is 0.639. The van der Waals surface area contributed by atoms with E-state index in [0.29, 0.717) is 0 Å². The van der Waals surface area contributed by atoms with Gasteiger partial charge in [0, 0.05) is 14.1 Å². The summed E-state index contributed by atoms with van der Waals surface area (Å²) in [6.45, 7) is 1.98. The van der Waals surface area contributed by atoms with Gasteiger partial charge in [0.25, 0.3) is 0 Å². The summed E-state index contributed by atoms with van der Waals surface area (Å²) < 4.78 is 0. The van der Waals surface area contributed by atoms with Gasteiger partial charge in [0.1, 0.15) is 4.99 Å². The molecule has 10 heavy (non-hydrogen) atoms. The Bertz CT molecular complexity index is 157. The van der Waals surface area contributed by atoms with E-state index in [1.54, 1.807) is 0 Å². The zero-order chi connectivity index (χ0) is 7.98. The average Bonchev–Trinajstić information content (AvgIpc) is 1.88. The van der Waals surface area contributed by atoms with Crippen LogP contribution in [0.15, 0.2) is 24.3 Å². The van der Waals surface area contributed by atoms with E-state index < -0.39 is 0 Å². The molecule has 0 fully saturated rings. The molecule has 0 aliphatic heterocycles. The fourth-order valence-electron chi connectivity index (χ4n) is 0.398. The average molecular weight is 155 g/mol. The Balaban J connectivity index is 3.78. The van der Waals surface area contributed by atoms with Crippen LogP contribution in [0.5, 0.6) is 0 Å². The molecule has 0 amide bonds. The standard InChI is InChI=1S/C8H13NS/c1-4-5-6-7-8(10)9(2)3/h4-7H,1-3H3/b5-4+,7-6+. The fraction of sp³-hybridized carbons (Fsp3) is 0.375. The van der Waals surface area contributed by atoms with Gasteiger partial charge in [-0.25, -0.2) is 0 Å². The molecule has 0 aromatic heterocycles. The number of nitrogens with zero attached hydrogens (tertiary/aromatic N) is 1. The number of hydrogen-bond donors (Lipinski definition) is 0. The van der Waals surface area contributed by atoms with E-state index in [1.807, 2.05) is 50.2 Å². The Labute approximate surface area is 68.0 Å². The predicted molar refractivity (Wildman–Crippen MR) is 50.2 cm³/mol. The number of hydrogen-bond acceptors (Lipinski definition) is 1. The van der Waals surface area contributed by atoms with Crippen LogP contribution in [0, 0.1) is 0 Å². The minimum Gasteiger partial charge on any atom is -0.369 e. The van der Waals surface area contributed by atoms with E-state index in [4.69, 9.17) is 12.2 Å². The van der Waals surface area contributed by atoms with Gasteiger partial charge in [0.15, 0.2) is 0 Å². The molecule has 56 valence electrons. The van der Waals surface area contributed by atoms with Gasteiger partial charge >= 0.3 is 0 Å². The molecule has 0 aliphatic rings. The van der Waals surface area contributed by atoms with Crippen LogP contribution in [0.2, 0.25) is 0 Å². The van der Waals surface area contributed by atoms with E-state index in [2.05, 4.69) is 0 Å². The normalized spacial score (nSPS) is 11.1. The maximum atomic E-state index is 5.00. The lowest BCUT2D eigenvalue weighted by atomic mass is 10.4. The highest BCUT2D eigenvalue weighted by Gasteiger charge is 1.88. The molecule has 0 aliphatic carbocycles. The SMILES string of the molecule is C/C=C/C=C/C(=S)N(C)C. The largest absolute Gasteiger partial charge is 0.369 e. The fourth-order valence-corrected chi connectivity index (χ4v) is 0.477. The molecule has 0 N–H and O–H groups in total. The Kier molecular flexibility index (Phi) is 4.85. The van der Waals surface area contributed by atoms with Crippen molar-refractivity contribution in [1.29, 1.82) is 0 Å². The number of likely N-dealkylation sites (N-methyl/N-ethyl adjacent to an activating group) is 1. The third-order valence-corrected chi connectivity index (χ3v) is 1.48. The number of thiocarbonyl (C=S) groups is 1. The highest BCUT2D eigenvalue weighted by atomic mass is 32.1. The van der Waals surface area contributed by atoms with Gasteiger partial charge in [-0.2, -0.15) is 0 Å². The van der Waals surface area contributed by atoms with E-state index in [-0.39, 0.29) is 0 Å². The Morgan fingerprint density at radius 3 is 2.30 bits per heavy atom. The van der Waals surface area contributed by atoms with Crippen LogP contribution in [0.3, 0.4) is 0 Å². The molecular formula is C8H13NS. The maximum Gasteiger partial charge on any atom is 0.101 e. The summed E-state index contributed by atoms with van der Waals surface area (Å²) in [6.07, 6.45) is 7.75. The van der Waals surface area contributed by atoms with E-state index in [9.17, 15) is 0 Å². The molecule has 2 heteroatoms. The number of rotatable bonds is 2. The van der Waals surface area contributed by atoms with E-state index >= 15 is 0 Å². The van der Waals surface area contributed by atoms with Crippen LogP contribution in [0.25, 0.3) is 0 Å². The van der Waals surface area contributed by atoms with Gasteiger partial charge in [-0.05, 0) is 13.0 Å². The van der Waals surface area contributed by atoms with Crippen molar-refractivity contribution < 1.29 is 0 Å². The number of allylic oxidation sites excluding steroid dienone is 3. The smallest absolute Gasteiger partial charge is 0.101 e. The molecule has 0 aromatic carbocycles. The molecular weight excluding hydrogens is 142 g/mol. The molecule has 0 heterocycles. The molecule has 0 saturated carbocycles. The summed E-state index contributed by atoms with van der Waals surface area (Å²) in [6, 6.07) is 0. The molecule has 0 aromatic rings. The second kappa shape index (κ2) is 5.18. The molecule has 1 nitrogen and oxygen atoms in total. The molecule has 0 atom stereocenters. The third kappa shape index (κ3) is 4.27. The van der Waals surface area contributed by atoms with Gasteiger partial charge in [-0.1, -0.05) is 30.4 Å². The molecule has 0 bridgehead atoms. The summed E-state index contributed by atoms with van der Waals surface area (Å²) >= 11 is 5.00.